The molecule has 0 aliphatic rings. The largest absolute Gasteiger partial charge is 0.454 e. The molecule has 8 heteroatoms. The molecular formula is C17H21N3O3S2. The number of sulfonamides is 1. The van der Waals surface area contributed by atoms with Gasteiger partial charge >= 0.3 is 0 Å². The summed E-state index contributed by atoms with van der Waals surface area (Å²) in [6.07, 6.45) is 1.89. The van der Waals surface area contributed by atoms with Crippen molar-refractivity contribution < 1.29 is 13.2 Å². The summed E-state index contributed by atoms with van der Waals surface area (Å²) in [6, 6.07) is 11.9. The van der Waals surface area contributed by atoms with E-state index in [1.54, 1.807) is 30.3 Å². The maximum atomic E-state index is 12.1. The summed E-state index contributed by atoms with van der Waals surface area (Å²) in [7, 11) is -4.04. The maximum absolute atomic E-state index is 12.1. The van der Waals surface area contributed by atoms with E-state index in [9.17, 15) is 8.42 Å². The van der Waals surface area contributed by atoms with Crippen molar-refractivity contribution in [2.24, 2.45) is 10.9 Å². The number of benzene rings is 2. The van der Waals surface area contributed by atoms with E-state index in [-0.39, 0.29) is 15.6 Å². The first kappa shape index (κ1) is 19.2. The zero-order valence-electron chi connectivity index (χ0n) is 13.9. The van der Waals surface area contributed by atoms with Crippen LogP contribution >= 0.6 is 12.2 Å². The van der Waals surface area contributed by atoms with Gasteiger partial charge in [0, 0.05) is 12.1 Å². The number of unbranched alkanes of at least 4 members (excludes halogenated alkanes) is 1. The quantitative estimate of drug-likeness (QED) is 0.481. The number of nitrogens with one attached hydrogen (secondary N) is 1. The van der Waals surface area contributed by atoms with Gasteiger partial charge in [-0.05, 0) is 30.7 Å². The molecule has 2 rings (SSSR count). The molecule has 0 saturated heterocycles. The summed E-state index contributed by atoms with van der Waals surface area (Å²) in [4.78, 5) is -0.0876. The Hall–Kier alpha value is -2.16. The van der Waals surface area contributed by atoms with E-state index in [0.717, 1.165) is 12.8 Å². The summed E-state index contributed by atoms with van der Waals surface area (Å²) >= 11 is 4.99. The molecule has 0 atom stereocenters. The SMILES string of the molecule is CCCCNc1cc(C(N)=S)cc(S(N)(=O)=O)c1Oc1ccccc1. The molecule has 0 radical (unpaired) electrons. The van der Waals surface area contributed by atoms with Crippen LogP contribution in [0, 0.1) is 0 Å². The van der Waals surface area contributed by atoms with Gasteiger partial charge in [0.1, 0.15) is 15.6 Å². The van der Waals surface area contributed by atoms with E-state index in [1.807, 2.05) is 6.07 Å². The van der Waals surface area contributed by atoms with Gasteiger partial charge in [-0.1, -0.05) is 43.8 Å². The van der Waals surface area contributed by atoms with Crippen molar-refractivity contribution in [2.45, 2.75) is 24.7 Å². The number of thiocarbonyl (C=S) groups is 1. The molecule has 134 valence electrons. The Morgan fingerprint density at radius 1 is 1.24 bits per heavy atom. The zero-order valence-corrected chi connectivity index (χ0v) is 15.5. The van der Waals surface area contributed by atoms with Crippen molar-refractivity contribution in [2.75, 3.05) is 11.9 Å². The fourth-order valence-corrected chi connectivity index (χ4v) is 3.02. The van der Waals surface area contributed by atoms with E-state index in [4.69, 9.17) is 27.8 Å². The van der Waals surface area contributed by atoms with Crippen LogP contribution in [0.5, 0.6) is 11.5 Å². The van der Waals surface area contributed by atoms with Crippen LogP contribution in [0.3, 0.4) is 0 Å². The Morgan fingerprint density at radius 2 is 1.92 bits per heavy atom. The van der Waals surface area contributed by atoms with E-state index >= 15 is 0 Å². The fourth-order valence-electron chi connectivity index (χ4n) is 2.20. The minimum absolute atomic E-state index is 0.0784. The number of hydrogen-bond donors (Lipinski definition) is 3. The van der Waals surface area contributed by atoms with Crippen LogP contribution in [-0.2, 0) is 10.0 Å². The van der Waals surface area contributed by atoms with Crippen LogP contribution in [0.25, 0.3) is 0 Å². The minimum atomic E-state index is -4.04. The van der Waals surface area contributed by atoms with Gasteiger partial charge in [-0.25, -0.2) is 13.6 Å². The molecule has 0 unspecified atom stereocenters. The number of rotatable bonds is 8. The standard InChI is InChI=1S/C17H21N3O3S2/c1-2-3-9-20-14-10-12(17(18)24)11-15(25(19,21)22)16(14)23-13-7-5-4-6-8-13/h4-8,10-11,20H,2-3,9H2,1H3,(H2,18,24)(H2,19,21,22). The second-order valence-electron chi connectivity index (χ2n) is 5.46. The molecule has 0 aliphatic heterocycles. The van der Waals surface area contributed by atoms with Crippen LogP contribution in [0.15, 0.2) is 47.4 Å². The average Bonchev–Trinajstić information content (AvgIpc) is 2.56. The molecule has 2 aromatic carbocycles. The Labute approximate surface area is 153 Å². The lowest BCUT2D eigenvalue weighted by Crippen LogP contribution is -2.18. The van der Waals surface area contributed by atoms with Crippen molar-refractivity contribution in [1.29, 1.82) is 0 Å². The molecule has 0 aliphatic carbocycles. The zero-order chi connectivity index (χ0) is 18.4. The molecule has 25 heavy (non-hydrogen) atoms. The number of anilines is 1. The minimum Gasteiger partial charge on any atom is -0.454 e. The molecule has 5 N–H and O–H groups in total. The molecule has 0 spiro atoms. The van der Waals surface area contributed by atoms with Crippen molar-refractivity contribution in [3.63, 3.8) is 0 Å². The number of primary sulfonamides is 1. The first-order chi connectivity index (χ1) is 11.8. The van der Waals surface area contributed by atoms with Crippen LogP contribution < -0.4 is 20.9 Å². The highest BCUT2D eigenvalue weighted by molar-refractivity contribution is 7.89. The van der Waals surface area contributed by atoms with Gasteiger partial charge in [0.25, 0.3) is 0 Å². The van der Waals surface area contributed by atoms with Crippen LogP contribution in [0.4, 0.5) is 5.69 Å². The topological polar surface area (TPSA) is 107 Å². The molecular weight excluding hydrogens is 358 g/mol. The summed E-state index contributed by atoms with van der Waals surface area (Å²) in [5.41, 5.74) is 6.56. The molecule has 0 amide bonds. The molecule has 6 nitrogen and oxygen atoms in total. The van der Waals surface area contributed by atoms with Crippen LogP contribution in [-0.4, -0.2) is 20.0 Å². The second-order valence-corrected chi connectivity index (χ2v) is 7.43. The smallest absolute Gasteiger partial charge is 0.241 e. The van der Waals surface area contributed by atoms with Crippen molar-refractivity contribution in [1.82, 2.24) is 0 Å². The number of nitrogens with two attached hydrogens (primary N) is 2. The highest BCUT2D eigenvalue weighted by Gasteiger charge is 2.22. The van der Waals surface area contributed by atoms with Gasteiger partial charge in [-0.15, -0.1) is 0 Å². The van der Waals surface area contributed by atoms with E-state index in [0.29, 0.717) is 23.5 Å². The third-order valence-electron chi connectivity index (χ3n) is 3.45. The lowest BCUT2D eigenvalue weighted by atomic mass is 10.1. The highest BCUT2D eigenvalue weighted by atomic mass is 32.2. The van der Waals surface area contributed by atoms with Crippen LogP contribution in [0.1, 0.15) is 25.3 Å². The first-order valence-corrected chi connectivity index (χ1v) is 9.75. The van der Waals surface area contributed by atoms with Crippen molar-refractivity contribution in [3.8, 4) is 11.5 Å². The van der Waals surface area contributed by atoms with Gasteiger partial charge in [-0.2, -0.15) is 0 Å². The van der Waals surface area contributed by atoms with Gasteiger partial charge < -0.3 is 15.8 Å². The monoisotopic (exact) mass is 379 g/mol. The van der Waals surface area contributed by atoms with Crippen molar-refractivity contribution in [3.05, 3.63) is 48.0 Å². The molecule has 0 aromatic heterocycles. The Bertz CT molecular complexity index is 853. The lowest BCUT2D eigenvalue weighted by Gasteiger charge is -2.17. The molecule has 0 heterocycles. The number of hydrogen-bond acceptors (Lipinski definition) is 5. The third-order valence-corrected chi connectivity index (χ3v) is 4.61. The van der Waals surface area contributed by atoms with Crippen LogP contribution in [0.2, 0.25) is 0 Å². The second kappa shape index (κ2) is 8.28. The predicted octanol–water partition coefficient (Wildman–Crippen LogP) is 2.97. The average molecular weight is 380 g/mol. The third kappa shape index (κ3) is 5.15. The lowest BCUT2D eigenvalue weighted by molar-refractivity contribution is 0.469. The molecule has 2 aromatic rings. The highest BCUT2D eigenvalue weighted by Crippen LogP contribution is 2.37. The number of para-hydroxylation sites is 1. The van der Waals surface area contributed by atoms with Gasteiger partial charge in [0.2, 0.25) is 10.0 Å². The van der Waals surface area contributed by atoms with E-state index in [1.165, 1.54) is 6.07 Å². The normalized spacial score (nSPS) is 11.1. The van der Waals surface area contributed by atoms with E-state index < -0.39 is 10.0 Å². The van der Waals surface area contributed by atoms with Crippen molar-refractivity contribution >= 4 is 32.9 Å². The Kier molecular flexibility index (Phi) is 6.35. The Morgan fingerprint density at radius 3 is 2.48 bits per heavy atom. The maximum Gasteiger partial charge on any atom is 0.241 e. The van der Waals surface area contributed by atoms with E-state index in [2.05, 4.69) is 12.2 Å². The molecule has 0 bridgehead atoms. The summed E-state index contributed by atoms with van der Waals surface area (Å²) < 4.78 is 30.0. The first-order valence-electron chi connectivity index (χ1n) is 7.80. The summed E-state index contributed by atoms with van der Waals surface area (Å²) in [6.45, 7) is 2.71. The summed E-state index contributed by atoms with van der Waals surface area (Å²) in [5, 5.41) is 8.57. The number of ether oxygens (including phenoxy) is 1. The fraction of sp³-hybridized carbons (Fsp3) is 0.235. The Balaban J connectivity index is 2.59. The molecule has 0 saturated carbocycles. The van der Waals surface area contributed by atoms with Gasteiger partial charge in [-0.3, -0.25) is 0 Å². The van der Waals surface area contributed by atoms with Gasteiger partial charge in [0.15, 0.2) is 5.75 Å². The summed E-state index contributed by atoms with van der Waals surface area (Å²) in [5.74, 6) is 0.624. The predicted molar refractivity (Wildman–Crippen MR) is 104 cm³/mol. The molecule has 0 fully saturated rings. The van der Waals surface area contributed by atoms with Gasteiger partial charge in [0.05, 0.1) is 5.69 Å².